The molecule has 100 valence electrons. The topological polar surface area (TPSA) is 69.6 Å². The van der Waals surface area contributed by atoms with E-state index in [1.165, 1.54) is 24.3 Å². The molecule has 0 aromatic heterocycles. The molecule has 0 heterocycles. The minimum absolute atomic E-state index is 0.208. The Morgan fingerprint density at radius 1 is 1.28 bits per heavy atom. The molecule has 0 bridgehead atoms. The van der Waals surface area contributed by atoms with E-state index in [2.05, 4.69) is 4.40 Å². The first-order chi connectivity index (χ1) is 8.17. The minimum atomic E-state index is -5.79. The van der Waals surface area contributed by atoms with E-state index in [9.17, 15) is 26.7 Å². The average Bonchev–Trinajstić information content (AvgIpc) is 2.27. The van der Waals surface area contributed by atoms with Gasteiger partial charge in [-0.1, -0.05) is 31.2 Å². The minimum Gasteiger partial charge on any atom is -0.858 e. The molecule has 0 aliphatic carbocycles. The first kappa shape index (κ1) is 14.5. The van der Waals surface area contributed by atoms with Gasteiger partial charge in [0.05, 0.1) is 0 Å². The Hall–Kier alpha value is -1.57. The van der Waals surface area contributed by atoms with Gasteiger partial charge in [-0.3, -0.25) is 0 Å². The molecule has 0 atom stereocenters. The quantitative estimate of drug-likeness (QED) is 0.617. The van der Waals surface area contributed by atoms with E-state index >= 15 is 0 Å². The number of sulfonamides is 1. The Labute approximate surface area is 102 Å². The van der Waals surface area contributed by atoms with Crippen LogP contribution in [0.15, 0.2) is 28.7 Å². The SMILES string of the molecule is CCc1ccc(/C([O-])=N/S(=O)(=O)C(F)(F)F)cc1. The van der Waals surface area contributed by atoms with Crippen LogP contribution in [0.1, 0.15) is 18.1 Å². The third kappa shape index (κ3) is 3.22. The lowest BCUT2D eigenvalue weighted by Crippen LogP contribution is -2.27. The summed E-state index contributed by atoms with van der Waals surface area (Å²) in [6.07, 6.45) is 0.687. The van der Waals surface area contributed by atoms with E-state index < -0.39 is 21.4 Å². The molecule has 0 N–H and O–H groups in total. The highest BCUT2D eigenvalue weighted by atomic mass is 32.2. The Balaban J connectivity index is 3.10. The van der Waals surface area contributed by atoms with Gasteiger partial charge in [-0.05, 0) is 17.5 Å². The Bertz CT molecular complexity index is 547. The predicted octanol–water partition coefficient (Wildman–Crippen LogP) is 1.21. The van der Waals surface area contributed by atoms with Gasteiger partial charge in [0.15, 0.2) is 0 Å². The number of aryl methyl sites for hydroxylation is 1. The number of alkyl halides is 3. The van der Waals surface area contributed by atoms with Crippen molar-refractivity contribution in [3.63, 3.8) is 0 Å². The van der Waals surface area contributed by atoms with Crippen molar-refractivity contribution < 1.29 is 26.7 Å². The number of rotatable bonds is 3. The van der Waals surface area contributed by atoms with Gasteiger partial charge in [-0.25, -0.2) is 0 Å². The summed E-state index contributed by atoms with van der Waals surface area (Å²) in [5.41, 5.74) is -4.91. The summed E-state index contributed by atoms with van der Waals surface area (Å²) in [4.78, 5) is 0. The molecule has 0 unspecified atom stereocenters. The first-order valence-electron chi connectivity index (χ1n) is 4.85. The summed E-state index contributed by atoms with van der Waals surface area (Å²) in [6.45, 7) is 1.86. The summed E-state index contributed by atoms with van der Waals surface area (Å²) < 4.78 is 59.5. The molecule has 4 nitrogen and oxygen atoms in total. The molecular weight excluding hydrogens is 271 g/mol. The molecule has 0 saturated heterocycles. The fourth-order valence-corrected chi connectivity index (χ4v) is 1.52. The average molecular weight is 280 g/mol. The van der Waals surface area contributed by atoms with Crippen LogP contribution in [-0.2, 0) is 16.4 Å². The van der Waals surface area contributed by atoms with E-state index in [0.717, 1.165) is 5.56 Å². The molecular formula is C10H9F3NO3S-. The largest absolute Gasteiger partial charge is 0.858 e. The summed E-state index contributed by atoms with van der Waals surface area (Å²) in [7, 11) is -5.79. The Morgan fingerprint density at radius 2 is 1.78 bits per heavy atom. The zero-order chi connectivity index (χ0) is 14.0. The van der Waals surface area contributed by atoms with Gasteiger partial charge >= 0.3 is 15.5 Å². The fourth-order valence-electron chi connectivity index (χ4n) is 1.10. The van der Waals surface area contributed by atoms with Crippen molar-refractivity contribution >= 4 is 15.9 Å². The normalized spacial score (nSPS) is 13.7. The molecule has 0 aliphatic rings. The maximum atomic E-state index is 12.0. The number of hydrogen-bond acceptors (Lipinski definition) is 3. The second-order valence-corrected chi connectivity index (χ2v) is 4.96. The van der Waals surface area contributed by atoms with Crippen LogP contribution in [0.2, 0.25) is 0 Å². The molecule has 18 heavy (non-hydrogen) atoms. The highest BCUT2D eigenvalue weighted by molar-refractivity contribution is 7.91. The number of nitrogens with zero attached hydrogens (tertiary/aromatic N) is 1. The smallest absolute Gasteiger partial charge is 0.518 e. The Morgan fingerprint density at radius 3 is 2.17 bits per heavy atom. The van der Waals surface area contributed by atoms with E-state index in [-0.39, 0.29) is 5.56 Å². The van der Waals surface area contributed by atoms with Gasteiger partial charge < -0.3 is 5.11 Å². The third-order valence-electron chi connectivity index (χ3n) is 2.10. The van der Waals surface area contributed by atoms with Crippen molar-refractivity contribution in [2.75, 3.05) is 0 Å². The summed E-state index contributed by atoms with van der Waals surface area (Å²) in [6, 6.07) is 5.50. The second kappa shape index (κ2) is 4.97. The number of benzene rings is 1. The van der Waals surface area contributed by atoms with Crippen LogP contribution in [-0.4, -0.2) is 19.8 Å². The summed E-state index contributed by atoms with van der Waals surface area (Å²) in [5, 5.41) is 11.3. The lowest BCUT2D eigenvalue weighted by molar-refractivity contribution is -0.212. The van der Waals surface area contributed by atoms with Crippen molar-refractivity contribution in [2.45, 2.75) is 18.9 Å². The van der Waals surface area contributed by atoms with Crippen molar-refractivity contribution in [1.29, 1.82) is 0 Å². The van der Waals surface area contributed by atoms with Crippen molar-refractivity contribution in [3.8, 4) is 0 Å². The molecule has 0 amide bonds. The molecule has 0 saturated carbocycles. The maximum absolute atomic E-state index is 12.0. The standard InChI is InChI=1S/C10H10F3NO3S/c1-2-7-3-5-8(6-4-7)9(15)14-18(16,17)10(11,12)13/h3-6H,2H2,1H3,(H,14,15)/p-1. The van der Waals surface area contributed by atoms with Crippen molar-refractivity contribution in [2.24, 2.45) is 4.40 Å². The van der Waals surface area contributed by atoms with Gasteiger partial charge in [0, 0.05) is 5.90 Å². The molecule has 0 fully saturated rings. The van der Waals surface area contributed by atoms with E-state index in [0.29, 0.717) is 6.42 Å². The Kier molecular flexibility index (Phi) is 4.00. The van der Waals surface area contributed by atoms with Gasteiger partial charge in [0.1, 0.15) is 0 Å². The number of halogens is 3. The van der Waals surface area contributed by atoms with Crippen LogP contribution in [0.5, 0.6) is 0 Å². The lowest BCUT2D eigenvalue weighted by atomic mass is 10.1. The maximum Gasteiger partial charge on any atom is 0.518 e. The first-order valence-corrected chi connectivity index (χ1v) is 6.29. The van der Waals surface area contributed by atoms with Crippen LogP contribution in [0, 0.1) is 0 Å². The van der Waals surface area contributed by atoms with Crippen LogP contribution in [0.4, 0.5) is 13.2 Å². The van der Waals surface area contributed by atoms with Crippen LogP contribution >= 0.6 is 0 Å². The molecule has 1 aromatic carbocycles. The zero-order valence-corrected chi connectivity index (χ0v) is 10.0. The number of hydrogen-bond donors (Lipinski definition) is 0. The van der Waals surface area contributed by atoms with Crippen molar-refractivity contribution in [3.05, 3.63) is 35.4 Å². The van der Waals surface area contributed by atoms with Crippen LogP contribution in [0.25, 0.3) is 0 Å². The van der Waals surface area contributed by atoms with E-state index in [4.69, 9.17) is 0 Å². The van der Waals surface area contributed by atoms with E-state index in [1.807, 2.05) is 6.92 Å². The monoisotopic (exact) mass is 280 g/mol. The second-order valence-electron chi connectivity index (χ2n) is 3.37. The molecule has 1 aromatic rings. The van der Waals surface area contributed by atoms with Gasteiger partial charge in [-0.2, -0.15) is 26.0 Å². The van der Waals surface area contributed by atoms with Crippen molar-refractivity contribution in [1.82, 2.24) is 0 Å². The molecule has 0 aliphatic heterocycles. The fraction of sp³-hybridized carbons (Fsp3) is 0.300. The predicted molar refractivity (Wildman–Crippen MR) is 57.3 cm³/mol. The molecule has 1 rings (SSSR count). The lowest BCUT2D eigenvalue weighted by Gasteiger charge is -2.12. The summed E-state index contributed by atoms with van der Waals surface area (Å²) in [5.74, 6) is -1.44. The highest BCUT2D eigenvalue weighted by Crippen LogP contribution is 2.24. The van der Waals surface area contributed by atoms with Gasteiger partial charge in [-0.15, -0.1) is 0 Å². The molecule has 0 radical (unpaired) electrons. The highest BCUT2D eigenvalue weighted by Gasteiger charge is 2.45. The molecule has 8 heteroatoms. The van der Waals surface area contributed by atoms with Gasteiger partial charge in [0.2, 0.25) is 0 Å². The summed E-state index contributed by atoms with van der Waals surface area (Å²) >= 11 is 0. The van der Waals surface area contributed by atoms with Crippen LogP contribution < -0.4 is 5.11 Å². The zero-order valence-electron chi connectivity index (χ0n) is 9.23. The van der Waals surface area contributed by atoms with Crippen LogP contribution in [0.3, 0.4) is 0 Å². The van der Waals surface area contributed by atoms with E-state index in [1.54, 1.807) is 0 Å². The molecule has 0 spiro atoms. The third-order valence-corrected chi connectivity index (χ3v) is 3.10. The van der Waals surface area contributed by atoms with Gasteiger partial charge in [0.25, 0.3) is 0 Å².